The molecule has 8 nitrogen and oxygen atoms in total. The molecule has 1 N–H and O–H groups in total. The molecule has 3 aromatic rings. The molecule has 24 heavy (non-hydrogen) atoms. The molecule has 124 valence electrons. The van der Waals surface area contributed by atoms with E-state index in [9.17, 15) is 4.79 Å². The van der Waals surface area contributed by atoms with Crippen LogP contribution in [0.1, 0.15) is 6.92 Å². The van der Waals surface area contributed by atoms with Crippen molar-refractivity contribution in [3.63, 3.8) is 0 Å². The van der Waals surface area contributed by atoms with Gasteiger partial charge in [-0.2, -0.15) is 4.68 Å². The van der Waals surface area contributed by atoms with Crippen LogP contribution < -0.4 is 10.1 Å². The highest BCUT2D eigenvalue weighted by Crippen LogP contribution is 2.25. The van der Waals surface area contributed by atoms with E-state index in [0.29, 0.717) is 10.3 Å². The Morgan fingerprint density at radius 3 is 2.83 bits per heavy atom. The molecular formula is C14H14N6O2S2. The van der Waals surface area contributed by atoms with E-state index >= 15 is 0 Å². The average Bonchev–Trinajstić information content (AvgIpc) is 3.27. The lowest BCUT2D eigenvalue weighted by atomic mass is 10.3. The maximum Gasteiger partial charge on any atom is 0.239 e. The first kappa shape index (κ1) is 16.4. The molecule has 1 amide bonds. The zero-order valence-electron chi connectivity index (χ0n) is 12.9. The molecule has 1 atom stereocenters. The number of amides is 1. The normalized spacial score (nSPS) is 11.9. The van der Waals surface area contributed by atoms with Crippen LogP contribution in [0.2, 0.25) is 0 Å². The summed E-state index contributed by atoms with van der Waals surface area (Å²) in [6.07, 6.45) is 1.64. The van der Waals surface area contributed by atoms with Gasteiger partial charge in [0.25, 0.3) is 0 Å². The van der Waals surface area contributed by atoms with Crippen molar-refractivity contribution in [2.45, 2.75) is 17.3 Å². The van der Waals surface area contributed by atoms with Crippen molar-refractivity contribution in [2.24, 2.45) is 0 Å². The van der Waals surface area contributed by atoms with Gasteiger partial charge in [-0.15, -0.1) is 16.4 Å². The summed E-state index contributed by atoms with van der Waals surface area (Å²) in [6, 6.07) is 7.34. The Kier molecular flexibility index (Phi) is 5.06. The van der Waals surface area contributed by atoms with Gasteiger partial charge in [0.2, 0.25) is 11.1 Å². The summed E-state index contributed by atoms with van der Waals surface area (Å²) in [5.74, 6) is 0.594. The van der Waals surface area contributed by atoms with Crippen LogP contribution in [0.25, 0.3) is 5.69 Å². The van der Waals surface area contributed by atoms with Crippen LogP contribution in [0.3, 0.4) is 0 Å². The summed E-state index contributed by atoms with van der Waals surface area (Å²) in [4.78, 5) is 16.2. The van der Waals surface area contributed by atoms with E-state index in [1.54, 1.807) is 30.3 Å². The number of methoxy groups -OCH3 is 1. The minimum Gasteiger partial charge on any atom is -0.497 e. The molecule has 0 aliphatic heterocycles. The third kappa shape index (κ3) is 3.71. The van der Waals surface area contributed by atoms with Gasteiger partial charge in [-0.3, -0.25) is 4.79 Å². The fraction of sp³-hybridized carbons (Fsp3) is 0.214. The maximum absolute atomic E-state index is 12.2. The third-order valence-electron chi connectivity index (χ3n) is 3.07. The van der Waals surface area contributed by atoms with Crippen LogP contribution in [0.15, 0.2) is 41.0 Å². The fourth-order valence-corrected chi connectivity index (χ4v) is 3.18. The van der Waals surface area contributed by atoms with Gasteiger partial charge in [-0.25, -0.2) is 4.98 Å². The van der Waals surface area contributed by atoms with Crippen LogP contribution in [-0.2, 0) is 4.79 Å². The summed E-state index contributed by atoms with van der Waals surface area (Å²) in [7, 11) is 1.61. The van der Waals surface area contributed by atoms with Crippen LogP contribution >= 0.6 is 23.1 Å². The van der Waals surface area contributed by atoms with Crippen LogP contribution in [0.5, 0.6) is 5.75 Å². The molecule has 0 unspecified atom stereocenters. The molecule has 2 heterocycles. The summed E-state index contributed by atoms with van der Waals surface area (Å²) in [6.45, 7) is 1.79. The Bertz CT molecular complexity index is 803. The molecule has 0 radical (unpaired) electrons. The number of rotatable bonds is 6. The second-order valence-corrected chi connectivity index (χ2v) is 6.86. The number of anilines is 1. The number of tetrazole rings is 1. The molecule has 2 aromatic heterocycles. The number of nitrogens with one attached hydrogen (secondary N) is 1. The van der Waals surface area contributed by atoms with Gasteiger partial charge in [0.1, 0.15) is 5.75 Å². The Morgan fingerprint density at radius 1 is 1.38 bits per heavy atom. The molecule has 10 heteroatoms. The van der Waals surface area contributed by atoms with Crippen molar-refractivity contribution in [2.75, 3.05) is 12.4 Å². The van der Waals surface area contributed by atoms with Gasteiger partial charge >= 0.3 is 0 Å². The topological polar surface area (TPSA) is 94.8 Å². The number of ether oxygens (including phenoxy) is 1. The van der Waals surface area contributed by atoms with Crippen molar-refractivity contribution in [3.8, 4) is 11.4 Å². The summed E-state index contributed by atoms with van der Waals surface area (Å²) in [5.41, 5.74) is 0.788. The number of aromatic nitrogens is 5. The number of carbonyl (C=O) groups excluding carboxylic acids is 1. The SMILES string of the molecule is COc1ccc(-n2nnnc2S[C@@H](C)C(=O)Nc2nccs2)cc1. The number of hydrogen-bond donors (Lipinski definition) is 1. The second-order valence-electron chi connectivity index (χ2n) is 4.66. The molecule has 3 rings (SSSR count). The van der Waals surface area contributed by atoms with Crippen LogP contribution in [0.4, 0.5) is 5.13 Å². The number of thiazole rings is 1. The van der Waals surface area contributed by atoms with Gasteiger partial charge in [0.15, 0.2) is 5.13 Å². The lowest BCUT2D eigenvalue weighted by molar-refractivity contribution is -0.115. The zero-order chi connectivity index (χ0) is 16.9. The predicted molar refractivity (Wildman–Crippen MR) is 91.8 cm³/mol. The first-order chi connectivity index (χ1) is 11.7. The number of benzene rings is 1. The Morgan fingerprint density at radius 2 is 2.17 bits per heavy atom. The van der Waals surface area contributed by atoms with Crippen LogP contribution in [-0.4, -0.2) is 43.5 Å². The highest BCUT2D eigenvalue weighted by atomic mass is 32.2. The van der Waals surface area contributed by atoms with E-state index in [1.165, 1.54) is 23.1 Å². The van der Waals surface area contributed by atoms with Gasteiger partial charge in [-0.05, 0) is 41.6 Å². The molecule has 0 bridgehead atoms. The summed E-state index contributed by atoms with van der Waals surface area (Å²) < 4.78 is 6.72. The second kappa shape index (κ2) is 7.41. The first-order valence-electron chi connectivity index (χ1n) is 6.97. The number of hydrogen-bond acceptors (Lipinski definition) is 8. The van der Waals surface area contributed by atoms with Crippen molar-refractivity contribution in [3.05, 3.63) is 35.8 Å². The Balaban J connectivity index is 1.71. The first-order valence-corrected chi connectivity index (χ1v) is 8.73. The van der Waals surface area contributed by atoms with Gasteiger partial charge in [-0.1, -0.05) is 11.8 Å². The molecule has 0 spiro atoms. The quantitative estimate of drug-likeness (QED) is 0.672. The number of nitrogens with zero attached hydrogens (tertiary/aromatic N) is 5. The highest BCUT2D eigenvalue weighted by Gasteiger charge is 2.20. The van der Waals surface area contributed by atoms with E-state index in [4.69, 9.17) is 4.74 Å². The van der Waals surface area contributed by atoms with E-state index in [0.717, 1.165) is 11.4 Å². The van der Waals surface area contributed by atoms with Crippen molar-refractivity contribution in [1.29, 1.82) is 0 Å². The smallest absolute Gasteiger partial charge is 0.239 e. The average molecular weight is 362 g/mol. The lowest BCUT2D eigenvalue weighted by Crippen LogP contribution is -2.22. The number of carbonyl (C=O) groups is 1. The molecule has 0 aliphatic rings. The molecular weight excluding hydrogens is 348 g/mol. The number of thioether (sulfide) groups is 1. The standard InChI is InChI=1S/C14H14N6O2S2/c1-9(12(21)16-13-15-7-8-23-13)24-14-17-18-19-20(14)10-3-5-11(22-2)6-4-10/h3-9H,1-2H3,(H,15,16,21)/t9-/m0/s1. The Hall–Kier alpha value is -2.46. The zero-order valence-corrected chi connectivity index (χ0v) is 14.5. The van der Waals surface area contributed by atoms with E-state index in [-0.39, 0.29) is 11.2 Å². The van der Waals surface area contributed by atoms with Crippen molar-refractivity contribution in [1.82, 2.24) is 25.2 Å². The van der Waals surface area contributed by atoms with Gasteiger partial charge in [0.05, 0.1) is 18.0 Å². The highest BCUT2D eigenvalue weighted by molar-refractivity contribution is 8.00. The third-order valence-corrected chi connectivity index (χ3v) is 4.79. The van der Waals surface area contributed by atoms with E-state index in [2.05, 4.69) is 25.8 Å². The maximum atomic E-state index is 12.2. The van der Waals surface area contributed by atoms with Gasteiger partial charge in [0, 0.05) is 11.6 Å². The monoisotopic (exact) mass is 362 g/mol. The van der Waals surface area contributed by atoms with Crippen molar-refractivity contribution >= 4 is 34.1 Å². The van der Waals surface area contributed by atoms with E-state index in [1.807, 2.05) is 24.3 Å². The lowest BCUT2D eigenvalue weighted by Gasteiger charge is -2.10. The largest absolute Gasteiger partial charge is 0.497 e. The molecule has 0 fully saturated rings. The fourth-order valence-electron chi connectivity index (χ4n) is 1.84. The molecule has 0 saturated heterocycles. The summed E-state index contributed by atoms with van der Waals surface area (Å²) in [5, 5.41) is 17.0. The predicted octanol–water partition coefficient (Wildman–Crippen LogP) is 2.25. The van der Waals surface area contributed by atoms with Crippen LogP contribution in [0, 0.1) is 0 Å². The molecule has 0 aliphatic carbocycles. The Labute approximate surface area is 146 Å². The minimum atomic E-state index is -0.378. The minimum absolute atomic E-state index is 0.153. The van der Waals surface area contributed by atoms with Crippen molar-refractivity contribution < 1.29 is 9.53 Å². The van der Waals surface area contributed by atoms with E-state index < -0.39 is 0 Å². The molecule has 0 saturated carbocycles. The van der Waals surface area contributed by atoms with Gasteiger partial charge < -0.3 is 10.1 Å². The molecule has 1 aromatic carbocycles. The summed E-state index contributed by atoms with van der Waals surface area (Å²) >= 11 is 2.64.